The van der Waals surface area contributed by atoms with Crippen molar-refractivity contribution in [3.63, 3.8) is 0 Å². The maximum atomic E-state index is 12.4. The molecule has 0 atom stereocenters. The second-order valence-electron chi connectivity index (χ2n) is 4.23. The third-order valence-electron chi connectivity index (χ3n) is 2.66. The van der Waals surface area contributed by atoms with E-state index in [9.17, 15) is 13.2 Å². The van der Waals surface area contributed by atoms with Crippen LogP contribution in [0.3, 0.4) is 0 Å². The Balaban J connectivity index is 3.05. The van der Waals surface area contributed by atoms with E-state index in [2.05, 4.69) is 4.74 Å². The highest BCUT2D eigenvalue weighted by Gasteiger charge is 2.26. The number of hydrogen-bond acceptors (Lipinski definition) is 4. The standard InChI is InChI=1S/C13H19NO4S/c1-4-9-14(10-13(15)18-3)19(16,17)12-7-5-11(2)6-8-12/h5-8H,4,9-10H2,1-3H3. The molecule has 0 unspecified atom stereocenters. The highest BCUT2D eigenvalue weighted by molar-refractivity contribution is 7.89. The third-order valence-corrected chi connectivity index (χ3v) is 4.52. The highest BCUT2D eigenvalue weighted by atomic mass is 32.2. The number of methoxy groups -OCH3 is 1. The quantitative estimate of drug-likeness (QED) is 0.744. The van der Waals surface area contributed by atoms with Crippen LogP contribution >= 0.6 is 0 Å². The van der Waals surface area contributed by atoms with E-state index in [-0.39, 0.29) is 18.0 Å². The van der Waals surface area contributed by atoms with E-state index in [0.717, 1.165) is 9.87 Å². The fourth-order valence-electron chi connectivity index (χ4n) is 1.60. The second kappa shape index (κ2) is 6.68. The first-order valence-corrected chi connectivity index (χ1v) is 7.49. The zero-order chi connectivity index (χ0) is 14.5. The summed E-state index contributed by atoms with van der Waals surface area (Å²) in [6.45, 7) is 3.76. The molecule has 106 valence electrons. The van der Waals surface area contributed by atoms with Crippen LogP contribution in [0.2, 0.25) is 0 Å². The van der Waals surface area contributed by atoms with Crippen molar-refractivity contribution in [1.29, 1.82) is 0 Å². The summed E-state index contributed by atoms with van der Waals surface area (Å²) in [7, 11) is -2.41. The van der Waals surface area contributed by atoms with Gasteiger partial charge in [-0.3, -0.25) is 4.79 Å². The fourth-order valence-corrected chi connectivity index (χ4v) is 3.08. The average Bonchev–Trinajstić information content (AvgIpc) is 2.38. The molecule has 5 nitrogen and oxygen atoms in total. The first-order valence-electron chi connectivity index (χ1n) is 6.05. The second-order valence-corrected chi connectivity index (χ2v) is 6.17. The number of sulfonamides is 1. The zero-order valence-electron chi connectivity index (χ0n) is 11.4. The van der Waals surface area contributed by atoms with Gasteiger partial charge in [0.15, 0.2) is 0 Å². The molecule has 0 spiro atoms. The Morgan fingerprint density at radius 3 is 2.32 bits per heavy atom. The van der Waals surface area contributed by atoms with Crippen LogP contribution < -0.4 is 0 Å². The molecule has 0 aliphatic heterocycles. The van der Waals surface area contributed by atoms with Gasteiger partial charge in [-0.05, 0) is 25.5 Å². The van der Waals surface area contributed by atoms with Gasteiger partial charge >= 0.3 is 5.97 Å². The molecule has 0 saturated carbocycles. The molecular formula is C13H19NO4S. The van der Waals surface area contributed by atoms with Crippen molar-refractivity contribution in [2.75, 3.05) is 20.2 Å². The van der Waals surface area contributed by atoms with Gasteiger partial charge in [0.25, 0.3) is 0 Å². The van der Waals surface area contributed by atoms with Gasteiger partial charge in [0.1, 0.15) is 6.54 Å². The Hall–Kier alpha value is -1.40. The van der Waals surface area contributed by atoms with Crippen molar-refractivity contribution in [2.24, 2.45) is 0 Å². The molecule has 0 aliphatic carbocycles. The van der Waals surface area contributed by atoms with E-state index in [1.54, 1.807) is 24.3 Å². The molecule has 0 N–H and O–H groups in total. The Morgan fingerprint density at radius 1 is 1.26 bits per heavy atom. The topological polar surface area (TPSA) is 63.7 Å². The molecule has 1 rings (SSSR count). The van der Waals surface area contributed by atoms with E-state index in [1.807, 2.05) is 13.8 Å². The Bertz CT molecular complexity index is 522. The number of aryl methyl sites for hydroxylation is 1. The molecule has 0 saturated heterocycles. The first-order chi connectivity index (χ1) is 8.91. The van der Waals surface area contributed by atoms with Gasteiger partial charge in [-0.15, -0.1) is 0 Å². The number of carbonyl (C=O) groups excluding carboxylic acids is 1. The average molecular weight is 285 g/mol. The number of esters is 1. The third kappa shape index (κ3) is 4.04. The van der Waals surface area contributed by atoms with Gasteiger partial charge in [-0.1, -0.05) is 24.6 Å². The lowest BCUT2D eigenvalue weighted by molar-refractivity contribution is -0.140. The first kappa shape index (κ1) is 15.7. The lowest BCUT2D eigenvalue weighted by Crippen LogP contribution is -2.36. The smallest absolute Gasteiger partial charge is 0.321 e. The number of rotatable bonds is 6. The van der Waals surface area contributed by atoms with Crippen LogP contribution in [0.1, 0.15) is 18.9 Å². The minimum atomic E-state index is -3.65. The van der Waals surface area contributed by atoms with Crippen LogP contribution in [-0.4, -0.2) is 38.9 Å². The van der Waals surface area contributed by atoms with Gasteiger partial charge in [-0.25, -0.2) is 8.42 Å². The van der Waals surface area contributed by atoms with E-state index in [0.29, 0.717) is 6.42 Å². The SMILES string of the molecule is CCCN(CC(=O)OC)S(=O)(=O)c1ccc(C)cc1. The van der Waals surface area contributed by atoms with Crippen LogP contribution in [0.4, 0.5) is 0 Å². The molecule has 0 aliphatic rings. The summed E-state index contributed by atoms with van der Waals surface area (Å²) < 4.78 is 30.5. The van der Waals surface area contributed by atoms with E-state index < -0.39 is 16.0 Å². The van der Waals surface area contributed by atoms with Gasteiger partial charge in [0, 0.05) is 6.54 Å². The van der Waals surface area contributed by atoms with E-state index in [1.165, 1.54) is 7.11 Å². The largest absolute Gasteiger partial charge is 0.468 e. The molecule has 0 amide bonds. The van der Waals surface area contributed by atoms with Crippen molar-refractivity contribution in [1.82, 2.24) is 4.31 Å². The number of benzene rings is 1. The number of hydrogen-bond donors (Lipinski definition) is 0. The van der Waals surface area contributed by atoms with Crippen molar-refractivity contribution in [3.8, 4) is 0 Å². The number of nitrogens with zero attached hydrogens (tertiary/aromatic N) is 1. The normalized spacial score (nSPS) is 11.6. The Labute approximate surface area is 114 Å². The molecule has 0 bridgehead atoms. The maximum Gasteiger partial charge on any atom is 0.321 e. The van der Waals surface area contributed by atoms with Crippen molar-refractivity contribution < 1.29 is 17.9 Å². The van der Waals surface area contributed by atoms with Crippen molar-refractivity contribution >= 4 is 16.0 Å². The van der Waals surface area contributed by atoms with Crippen LogP contribution in [0.5, 0.6) is 0 Å². The van der Waals surface area contributed by atoms with Crippen molar-refractivity contribution in [3.05, 3.63) is 29.8 Å². The van der Waals surface area contributed by atoms with Crippen LogP contribution in [-0.2, 0) is 19.6 Å². The Kier molecular flexibility index (Phi) is 5.50. The molecule has 0 fully saturated rings. The lowest BCUT2D eigenvalue weighted by atomic mass is 10.2. The molecule has 0 aromatic heterocycles. The van der Waals surface area contributed by atoms with Gasteiger partial charge in [0.2, 0.25) is 10.0 Å². The predicted octanol–water partition coefficient (Wildman–Crippen LogP) is 1.57. The molecule has 0 radical (unpaired) electrons. The summed E-state index contributed by atoms with van der Waals surface area (Å²) in [6.07, 6.45) is 0.627. The zero-order valence-corrected chi connectivity index (χ0v) is 12.2. The van der Waals surface area contributed by atoms with E-state index >= 15 is 0 Å². The summed E-state index contributed by atoms with van der Waals surface area (Å²) in [5.41, 5.74) is 0.981. The summed E-state index contributed by atoms with van der Waals surface area (Å²) in [5.74, 6) is -0.566. The molecule has 1 aromatic carbocycles. The number of carbonyl (C=O) groups is 1. The molecule has 6 heteroatoms. The highest BCUT2D eigenvalue weighted by Crippen LogP contribution is 2.16. The lowest BCUT2D eigenvalue weighted by Gasteiger charge is -2.20. The predicted molar refractivity (Wildman–Crippen MR) is 72.2 cm³/mol. The molecule has 0 heterocycles. The van der Waals surface area contributed by atoms with Gasteiger partial charge in [0.05, 0.1) is 12.0 Å². The van der Waals surface area contributed by atoms with Crippen LogP contribution in [0, 0.1) is 6.92 Å². The summed E-state index contributed by atoms with van der Waals surface area (Å²) in [5, 5.41) is 0. The number of ether oxygens (including phenoxy) is 1. The van der Waals surface area contributed by atoms with Gasteiger partial charge in [-0.2, -0.15) is 4.31 Å². The van der Waals surface area contributed by atoms with Gasteiger partial charge < -0.3 is 4.74 Å². The molecule has 19 heavy (non-hydrogen) atoms. The summed E-state index contributed by atoms with van der Waals surface area (Å²) in [4.78, 5) is 11.5. The minimum Gasteiger partial charge on any atom is -0.468 e. The monoisotopic (exact) mass is 285 g/mol. The fraction of sp³-hybridized carbons (Fsp3) is 0.462. The van der Waals surface area contributed by atoms with Crippen LogP contribution in [0.25, 0.3) is 0 Å². The van der Waals surface area contributed by atoms with Crippen molar-refractivity contribution in [2.45, 2.75) is 25.2 Å². The molecular weight excluding hydrogens is 266 g/mol. The Morgan fingerprint density at radius 2 is 1.84 bits per heavy atom. The van der Waals surface area contributed by atoms with Crippen LogP contribution in [0.15, 0.2) is 29.2 Å². The van der Waals surface area contributed by atoms with E-state index in [4.69, 9.17) is 0 Å². The summed E-state index contributed by atoms with van der Waals surface area (Å²) in [6, 6.07) is 6.56. The minimum absolute atomic E-state index is 0.190. The summed E-state index contributed by atoms with van der Waals surface area (Å²) >= 11 is 0. The molecule has 1 aromatic rings. The maximum absolute atomic E-state index is 12.4.